The highest BCUT2D eigenvalue weighted by Crippen LogP contribution is 2.39. The summed E-state index contributed by atoms with van der Waals surface area (Å²) in [4.78, 5) is 4.34. The van der Waals surface area contributed by atoms with Crippen LogP contribution in [-0.4, -0.2) is 45.2 Å². The number of rotatable bonds is 4. The topological polar surface area (TPSA) is 73.8 Å². The molecule has 1 unspecified atom stereocenters. The molecular weight excluding hydrogens is 321 g/mol. The lowest BCUT2D eigenvalue weighted by atomic mass is 9.85. The number of aryl methyl sites for hydroxylation is 1. The first-order chi connectivity index (χ1) is 11.3. The van der Waals surface area contributed by atoms with Crippen molar-refractivity contribution in [2.45, 2.75) is 69.7 Å². The van der Waals surface area contributed by atoms with Gasteiger partial charge in [0.05, 0.1) is 12.0 Å². The smallest absolute Gasteiger partial charge is 0.391 e. The average molecular weight is 346 g/mol. The maximum atomic E-state index is 12.7. The fourth-order valence-corrected chi connectivity index (χ4v) is 4.02. The van der Waals surface area contributed by atoms with Crippen LogP contribution in [0.3, 0.4) is 0 Å². The summed E-state index contributed by atoms with van der Waals surface area (Å²) in [5.41, 5.74) is 0. The van der Waals surface area contributed by atoms with Gasteiger partial charge in [0.25, 0.3) is 0 Å². The van der Waals surface area contributed by atoms with E-state index in [2.05, 4.69) is 20.5 Å². The van der Waals surface area contributed by atoms with Gasteiger partial charge in [-0.3, -0.25) is 5.10 Å². The second-order valence-electron chi connectivity index (χ2n) is 7.27. The molecule has 2 fully saturated rings. The van der Waals surface area contributed by atoms with Crippen LogP contribution in [0.4, 0.5) is 13.2 Å². The second kappa shape index (κ2) is 7.00. The summed E-state index contributed by atoms with van der Waals surface area (Å²) < 4.78 is 38.1. The third-order valence-electron chi connectivity index (χ3n) is 5.50. The quantitative estimate of drug-likeness (QED) is 0.784. The largest absolute Gasteiger partial charge is 0.393 e. The summed E-state index contributed by atoms with van der Waals surface area (Å²) in [5, 5.41) is 20.6. The van der Waals surface area contributed by atoms with E-state index in [1.165, 1.54) is 0 Å². The summed E-state index contributed by atoms with van der Waals surface area (Å²) in [6, 6.07) is 0.126. The number of aliphatic hydroxyl groups is 1. The van der Waals surface area contributed by atoms with Gasteiger partial charge in [-0.15, -0.1) is 0 Å². The molecule has 1 aromatic rings. The van der Waals surface area contributed by atoms with E-state index in [0.29, 0.717) is 25.8 Å². The van der Waals surface area contributed by atoms with Crippen LogP contribution in [0.1, 0.15) is 56.1 Å². The predicted molar refractivity (Wildman–Crippen MR) is 82.4 cm³/mol. The van der Waals surface area contributed by atoms with Crippen molar-refractivity contribution in [2.24, 2.45) is 11.8 Å². The molecule has 0 spiro atoms. The summed E-state index contributed by atoms with van der Waals surface area (Å²) in [5.74, 6) is 0.625. The summed E-state index contributed by atoms with van der Waals surface area (Å²) >= 11 is 0. The third-order valence-corrected chi connectivity index (χ3v) is 5.50. The Labute approximate surface area is 139 Å². The predicted octanol–water partition coefficient (Wildman–Crippen LogP) is 2.68. The SMILES string of the molecule is Cc1nc(C2C[C@H](CNC3CCC(C(F)(F)F)CC3)[C@H](O)C2)n[nH]1. The van der Waals surface area contributed by atoms with Crippen molar-refractivity contribution in [1.29, 1.82) is 0 Å². The average Bonchev–Trinajstić information content (AvgIpc) is 3.11. The molecule has 136 valence electrons. The first kappa shape index (κ1) is 17.7. The zero-order valence-electron chi connectivity index (χ0n) is 13.8. The molecule has 0 amide bonds. The van der Waals surface area contributed by atoms with Gasteiger partial charge in [-0.1, -0.05) is 0 Å². The van der Waals surface area contributed by atoms with Crippen molar-refractivity contribution in [3.8, 4) is 0 Å². The van der Waals surface area contributed by atoms with Gasteiger partial charge in [0.2, 0.25) is 0 Å². The zero-order valence-corrected chi connectivity index (χ0v) is 13.8. The Morgan fingerprint density at radius 3 is 2.50 bits per heavy atom. The highest BCUT2D eigenvalue weighted by molar-refractivity contribution is 5.03. The molecule has 3 rings (SSSR count). The highest BCUT2D eigenvalue weighted by atomic mass is 19.4. The molecule has 0 radical (unpaired) electrons. The number of aliphatic hydroxyl groups excluding tert-OH is 1. The minimum absolute atomic E-state index is 0.106. The molecule has 2 aliphatic carbocycles. The molecule has 2 saturated carbocycles. The standard InChI is InChI=1S/C16H25F3N4O/c1-9-21-15(23-22-9)10-6-11(14(24)7-10)8-20-13-4-2-12(3-5-13)16(17,18)19/h10-14,20,24H,2-8H2,1H3,(H,21,22,23)/t10?,11-,12?,13?,14-/m1/s1. The molecular formula is C16H25F3N4O. The number of halogens is 3. The minimum Gasteiger partial charge on any atom is -0.393 e. The lowest BCUT2D eigenvalue weighted by molar-refractivity contribution is -0.182. The van der Waals surface area contributed by atoms with Gasteiger partial charge >= 0.3 is 6.18 Å². The van der Waals surface area contributed by atoms with Crippen LogP contribution in [-0.2, 0) is 0 Å². The second-order valence-corrected chi connectivity index (χ2v) is 7.27. The Morgan fingerprint density at radius 2 is 1.92 bits per heavy atom. The number of aromatic nitrogens is 3. The normalized spacial score (nSPS) is 34.6. The van der Waals surface area contributed by atoms with Gasteiger partial charge in [0.1, 0.15) is 5.82 Å². The molecule has 3 atom stereocenters. The Balaban J connectivity index is 1.44. The molecule has 8 heteroatoms. The maximum absolute atomic E-state index is 12.7. The number of aromatic amines is 1. The van der Waals surface area contributed by atoms with Crippen LogP contribution in [0.15, 0.2) is 0 Å². The van der Waals surface area contributed by atoms with Gasteiger partial charge in [-0.2, -0.15) is 18.3 Å². The molecule has 1 heterocycles. The van der Waals surface area contributed by atoms with Crippen molar-refractivity contribution < 1.29 is 18.3 Å². The highest BCUT2D eigenvalue weighted by Gasteiger charge is 2.41. The van der Waals surface area contributed by atoms with Crippen molar-refractivity contribution in [1.82, 2.24) is 20.5 Å². The number of nitrogens with zero attached hydrogens (tertiary/aromatic N) is 2. The summed E-state index contributed by atoms with van der Waals surface area (Å²) in [7, 11) is 0. The fourth-order valence-electron chi connectivity index (χ4n) is 4.02. The van der Waals surface area contributed by atoms with E-state index in [4.69, 9.17) is 0 Å². The monoisotopic (exact) mass is 346 g/mol. The molecule has 0 bridgehead atoms. The van der Waals surface area contributed by atoms with Crippen LogP contribution in [0, 0.1) is 18.8 Å². The number of H-pyrrole nitrogens is 1. The fraction of sp³-hybridized carbons (Fsp3) is 0.875. The van der Waals surface area contributed by atoms with Crippen LogP contribution in [0.2, 0.25) is 0 Å². The molecule has 2 aliphatic rings. The van der Waals surface area contributed by atoms with Crippen molar-refractivity contribution in [3.05, 3.63) is 11.6 Å². The van der Waals surface area contributed by atoms with Gasteiger partial charge in [-0.25, -0.2) is 4.98 Å². The third kappa shape index (κ3) is 4.08. The van der Waals surface area contributed by atoms with Crippen LogP contribution in [0.5, 0.6) is 0 Å². The van der Waals surface area contributed by atoms with Crippen molar-refractivity contribution in [2.75, 3.05) is 6.54 Å². The van der Waals surface area contributed by atoms with E-state index in [1.54, 1.807) is 0 Å². The van der Waals surface area contributed by atoms with E-state index < -0.39 is 18.2 Å². The molecule has 0 aromatic carbocycles. The number of hydrogen-bond donors (Lipinski definition) is 3. The number of alkyl halides is 3. The summed E-state index contributed by atoms with van der Waals surface area (Å²) in [6.07, 6.45) is -1.51. The Hall–Kier alpha value is -1.15. The zero-order chi connectivity index (χ0) is 17.3. The van der Waals surface area contributed by atoms with Crippen LogP contribution in [0.25, 0.3) is 0 Å². The van der Waals surface area contributed by atoms with Gasteiger partial charge in [-0.05, 0) is 51.4 Å². The molecule has 0 saturated heterocycles. The lowest BCUT2D eigenvalue weighted by Crippen LogP contribution is -2.40. The van der Waals surface area contributed by atoms with Gasteiger partial charge in [0, 0.05) is 18.5 Å². The Kier molecular flexibility index (Phi) is 5.15. The Morgan fingerprint density at radius 1 is 1.21 bits per heavy atom. The Bertz CT molecular complexity index is 540. The van der Waals surface area contributed by atoms with E-state index in [9.17, 15) is 18.3 Å². The van der Waals surface area contributed by atoms with E-state index in [1.807, 2.05) is 6.92 Å². The number of nitrogens with one attached hydrogen (secondary N) is 2. The van der Waals surface area contributed by atoms with Crippen LogP contribution >= 0.6 is 0 Å². The van der Waals surface area contributed by atoms with Crippen LogP contribution < -0.4 is 5.32 Å². The van der Waals surface area contributed by atoms with Gasteiger partial charge < -0.3 is 10.4 Å². The van der Waals surface area contributed by atoms with Crippen molar-refractivity contribution >= 4 is 0 Å². The molecule has 3 N–H and O–H groups in total. The molecule has 24 heavy (non-hydrogen) atoms. The summed E-state index contributed by atoms with van der Waals surface area (Å²) in [6.45, 7) is 2.49. The maximum Gasteiger partial charge on any atom is 0.391 e. The van der Waals surface area contributed by atoms with E-state index >= 15 is 0 Å². The molecule has 5 nitrogen and oxygen atoms in total. The van der Waals surface area contributed by atoms with Gasteiger partial charge in [0.15, 0.2) is 5.82 Å². The van der Waals surface area contributed by atoms with E-state index in [-0.39, 0.29) is 30.7 Å². The van der Waals surface area contributed by atoms with Crippen molar-refractivity contribution in [3.63, 3.8) is 0 Å². The first-order valence-corrected chi connectivity index (χ1v) is 8.70. The molecule has 1 aromatic heterocycles. The lowest BCUT2D eigenvalue weighted by Gasteiger charge is -2.31. The molecule has 0 aliphatic heterocycles. The number of hydrogen-bond acceptors (Lipinski definition) is 4. The minimum atomic E-state index is -4.06. The van der Waals surface area contributed by atoms with E-state index in [0.717, 1.165) is 18.1 Å². The first-order valence-electron chi connectivity index (χ1n) is 8.70.